The van der Waals surface area contributed by atoms with Crippen molar-refractivity contribution in [2.75, 3.05) is 6.61 Å². The van der Waals surface area contributed by atoms with Crippen LogP contribution >= 0.6 is 11.6 Å². The van der Waals surface area contributed by atoms with Crippen molar-refractivity contribution in [3.63, 3.8) is 0 Å². The molecule has 1 N–H and O–H groups in total. The smallest absolute Gasteiger partial charge is 0.306 e. The Labute approximate surface area is 104 Å². The van der Waals surface area contributed by atoms with Crippen molar-refractivity contribution in [1.29, 1.82) is 0 Å². The van der Waals surface area contributed by atoms with E-state index in [1.54, 1.807) is 6.07 Å². The van der Waals surface area contributed by atoms with E-state index in [1.807, 2.05) is 18.2 Å². The van der Waals surface area contributed by atoms with E-state index in [4.69, 9.17) is 26.2 Å². The highest BCUT2D eigenvalue weighted by atomic mass is 35.5. The molecule has 0 bridgehead atoms. The van der Waals surface area contributed by atoms with Crippen LogP contribution in [-0.4, -0.2) is 30.1 Å². The number of halogens is 1. The number of rotatable bonds is 4. The number of carboxylic acids is 1. The Morgan fingerprint density at radius 1 is 1.53 bits per heavy atom. The van der Waals surface area contributed by atoms with E-state index in [0.29, 0.717) is 18.1 Å². The first-order valence-electron chi connectivity index (χ1n) is 5.37. The van der Waals surface area contributed by atoms with E-state index in [2.05, 4.69) is 0 Å². The van der Waals surface area contributed by atoms with Crippen LogP contribution in [0, 0.1) is 0 Å². The van der Waals surface area contributed by atoms with Crippen LogP contribution in [0.4, 0.5) is 0 Å². The topological polar surface area (TPSA) is 55.8 Å². The lowest BCUT2D eigenvalue weighted by atomic mass is 10.1. The number of hydrogen-bond donors (Lipinski definition) is 1. The maximum atomic E-state index is 10.5. The molecule has 17 heavy (non-hydrogen) atoms. The molecule has 1 aliphatic heterocycles. The normalized spacial score (nSPS) is 23.8. The number of aliphatic carboxylic acids is 1. The van der Waals surface area contributed by atoms with Gasteiger partial charge in [0.1, 0.15) is 0 Å². The van der Waals surface area contributed by atoms with Crippen molar-refractivity contribution in [2.24, 2.45) is 0 Å². The molecule has 0 saturated carbocycles. The van der Waals surface area contributed by atoms with Gasteiger partial charge in [-0.1, -0.05) is 23.7 Å². The summed E-state index contributed by atoms with van der Waals surface area (Å²) >= 11 is 5.87. The minimum atomic E-state index is -0.873. The van der Waals surface area contributed by atoms with Gasteiger partial charge in [-0.05, 0) is 17.7 Å². The van der Waals surface area contributed by atoms with Crippen molar-refractivity contribution in [3.05, 3.63) is 34.9 Å². The van der Waals surface area contributed by atoms with E-state index in [9.17, 15) is 4.79 Å². The summed E-state index contributed by atoms with van der Waals surface area (Å²) in [6.45, 7) is 0.331. The van der Waals surface area contributed by atoms with Crippen LogP contribution in [0.25, 0.3) is 0 Å². The van der Waals surface area contributed by atoms with Gasteiger partial charge in [0.2, 0.25) is 0 Å². The number of carboxylic acid groups (broad SMARTS) is 1. The Kier molecular flexibility index (Phi) is 3.99. The molecule has 1 heterocycles. The monoisotopic (exact) mass is 256 g/mol. The third-order valence-electron chi connectivity index (χ3n) is 2.51. The second kappa shape index (κ2) is 5.49. The molecule has 0 amide bonds. The highest BCUT2D eigenvalue weighted by molar-refractivity contribution is 6.30. The second-order valence-electron chi connectivity index (χ2n) is 3.95. The van der Waals surface area contributed by atoms with Crippen LogP contribution in [0.2, 0.25) is 5.02 Å². The first-order valence-corrected chi connectivity index (χ1v) is 5.74. The molecule has 0 spiro atoms. The molecule has 5 heteroatoms. The van der Waals surface area contributed by atoms with Gasteiger partial charge in [0, 0.05) is 11.4 Å². The molecular formula is C12H13ClO4. The van der Waals surface area contributed by atoms with Crippen molar-refractivity contribution in [1.82, 2.24) is 0 Å². The first-order chi connectivity index (χ1) is 8.13. The first kappa shape index (κ1) is 12.4. The maximum absolute atomic E-state index is 10.5. The van der Waals surface area contributed by atoms with Crippen LogP contribution in [0.15, 0.2) is 24.3 Å². The molecule has 2 atom stereocenters. The summed E-state index contributed by atoms with van der Waals surface area (Å²) in [7, 11) is 0. The summed E-state index contributed by atoms with van der Waals surface area (Å²) in [4.78, 5) is 10.5. The zero-order valence-corrected chi connectivity index (χ0v) is 9.89. The molecule has 92 valence electrons. The molecule has 1 saturated heterocycles. The number of carbonyl (C=O) groups is 1. The quantitative estimate of drug-likeness (QED) is 0.896. The van der Waals surface area contributed by atoms with Crippen molar-refractivity contribution < 1.29 is 19.4 Å². The fraction of sp³-hybridized carbons (Fsp3) is 0.417. The minimum Gasteiger partial charge on any atom is -0.481 e. The van der Waals surface area contributed by atoms with Gasteiger partial charge in [-0.2, -0.15) is 0 Å². The van der Waals surface area contributed by atoms with Crippen molar-refractivity contribution >= 4 is 17.6 Å². The number of hydrogen-bond acceptors (Lipinski definition) is 3. The van der Waals surface area contributed by atoms with Gasteiger partial charge in [-0.3, -0.25) is 4.79 Å². The third-order valence-corrected chi connectivity index (χ3v) is 2.74. The largest absolute Gasteiger partial charge is 0.481 e. The van der Waals surface area contributed by atoms with Crippen molar-refractivity contribution in [3.8, 4) is 0 Å². The zero-order valence-electron chi connectivity index (χ0n) is 9.14. The van der Waals surface area contributed by atoms with Gasteiger partial charge in [0.25, 0.3) is 0 Å². The summed E-state index contributed by atoms with van der Waals surface area (Å²) < 4.78 is 10.9. The van der Waals surface area contributed by atoms with E-state index in [-0.39, 0.29) is 18.8 Å². The molecule has 0 aromatic heterocycles. The van der Waals surface area contributed by atoms with E-state index in [0.717, 1.165) is 5.56 Å². The molecule has 1 aromatic carbocycles. The number of ether oxygens (including phenoxy) is 2. The van der Waals surface area contributed by atoms with Crippen LogP contribution in [0.5, 0.6) is 0 Å². The molecule has 0 aliphatic carbocycles. The summed E-state index contributed by atoms with van der Waals surface area (Å²) in [5.74, 6) is -0.873. The lowest BCUT2D eigenvalue weighted by molar-refractivity contribution is -0.140. The molecule has 2 unspecified atom stereocenters. The zero-order chi connectivity index (χ0) is 12.3. The Bertz CT molecular complexity index is 407. The predicted molar refractivity (Wildman–Crippen MR) is 62.0 cm³/mol. The second-order valence-corrected chi connectivity index (χ2v) is 4.39. The molecule has 2 rings (SSSR count). The SMILES string of the molecule is O=C(O)CC1COC(Cc2cccc(Cl)c2)O1. The van der Waals surface area contributed by atoms with Crippen molar-refractivity contribution in [2.45, 2.75) is 25.2 Å². The summed E-state index contributed by atoms with van der Waals surface area (Å²) in [5.41, 5.74) is 1.01. The Balaban J connectivity index is 1.87. The maximum Gasteiger partial charge on any atom is 0.306 e. The minimum absolute atomic E-state index is 0.0218. The van der Waals surface area contributed by atoms with E-state index >= 15 is 0 Å². The van der Waals surface area contributed by atoms with Gasteiger partial charge in [-0.25, -0.2) is 0 Å². The average molecular weight is 257 g/mol. The average Bonchev–Trinajstić information content (AvgIpc) is 2.64. The third kappa shape index (κ3) is 3.70. The Hall–Kier alpha value is -1.10. The molecule has 1 aromatic rings. The Morgan fingerprint density at radius 3 is 3.06 bits per heavy atom. The van der Waals surface area contributed by atoms with E-state index < -0.39 is 5.97 Å². The van der Waals surface area contributed by atoms with Gasteiger partial charge in [0.05, 0.1) is 19.1 Å². The summed E-state index contributed by atoms with van der Waals surface area (Å²) in [6.07, 6.45) is -0.169. The molecular weight excluding hydrogens is 244 g/mol. The lowest BCUT2D eigenvalue weighted by Crippen LogP contribution is -2.17. The fourth-order valence-electron chi connectivity index (χ4n) is 1.77. The highest BCUT2D eigenvalue weighted by Gasteiger charge is 2.27. The molecule has 1 fully saturated rings. The molecule has 1 aliphatic rings. The van der Waals surface area contributed by atoms with Gasteiger partial charge >= 0.3 is 5.97 Å². The standard InChI is InChI=1S/C12H13ClO4/c13-9-3-1-2-8(4-9)5-12-16-7-10(17-12)6-11(14)15/h1-4,10,12H,5-7H2,(H,14,15). The fourth-order valence-corrected chi connectivity index (χ4v) is 1.99. The summed E-state index contributed by atoms with van der Waals surface area (Å²) in [6, 6.07) is 7.44. The van der Waals surface area contributed by atoms with Crippen LogP contribution in [-0.2, 0) is 20.7 Å². The predicted octanol–water partition coefficient (Wildman–Crippen LogP) is 2.10. The van der Waals surface area contributed by atoms with Crippen LogP contribution in [0.1, 0.15) is 12.0 Å². The molecule has 4 nitrogen and oxygen atoms in total. The van der Waals surface area contributed by atoms with Gasteiger partial charge in [0.15, 0.2) is 6.29 Å². The van der Waals surface area contributed by atoms with Gasteiger partial charge < -0.3 is 14.6 Å². The molecule has 0 radical (unpaired) electrons. The highest BCUT2D eigenvalue weighted by Crippen LogP contribution is 2.20. The number of benzene rings is 1. The summed E-state index contributed by atoms with van der Waals surface area (Å²) in [5, 5.41) is 9.30. The van der Waals surface area contributed by atoms with E-state index in [1.165, 1.54) is 0 Å². The van der Waals surface area contributed by atoms with Crippen LogP contribution in [0.3, 0.4) is 0 Å². The van der Waals surface area contributed by atoms with Gasteiger partial charge in [-0.15, -0.1) is 0 Å². The lowest BCUT2D eigenvalue weighted by Gasteiger charge is -2.10. The van der Waals surface area contributed by atoms with Crippen LogP contribution < -0.4 is 0 Å². The Morgan fingerprint density at radius 2 is 2.35 bits per heavy atom.